The number of hydrogen-bond acceptors (Lipinski definition) is 0. The molecule has 1 atom stereocenters. The van der Waals surface area contributed by atoms with Crippen molar-refractivity contribution in [3.05, 3.63) is 41.5 Å². The van der Waals surface area contributed by atoms with Crippen molar-refractivity contribution in [2.75, 3.05) is 0 Å². The normalized spacial score (nSPS) is 24.4. The van der Waals surface area contributed by atoms with Gasteiger partial charge < -0.3 is 9.41 Å². The van der Waals surface area contributed by atoms with Crippen LogP contribution in [0.3, 0.4) is 0 Å². The van der Waals surface area contributed by atoms with Crippen molar-refractivity contribution in [2.24, 2.45) is 5.41 Å². The van der Waals surface area contributed by atoms with Gasteiger partial charge in [-0.05, 0) is 0 Å². The first-order chi connectivity index (χ1) is 8.50. The van der Waals surface area contributed by atoms with E-state index in [1.165, 1.54) is 19.3 Å². The molecule has 0 heterocycles. The maximum Gasteiger partial charge on any atom is -1.00 e. The van der Waals surface area contributed by atoms with E-state index in [1.54, 1.807) is 20.0 Å². The molecule has 0 amide bonds. The predicted molar refractivity (Wildman–Crippen MR) is 75.9 cm³/mol. The Kier molecular flexibility index (Phi) is 7.52. The Morgan fingerprint density at radius 2 is 1.80 bits per heavy atom. The van der Waals surface area contributed by atoms with Crippen molar-refractivity contribution in [3.8, 4) is 0 Å². The first-order valence-electron chi connectivity index (χ1n) is 7.03. The Morgan fingerprint density at radius 3 is 2.30 bits per heavy atom. The molecule has 2 aliphatic rings. The standard InChI is InChI=1S/C12H19.C5H5.2FH.Zr/c1-6-7-12(5)8-9(2)10(3)11(12)4;1-2-4-5-3-1;;;/h6-7H2,1-5H3;1-3H,4H2;2*1H;/q;;;;+2/p-2. The summed E-state index contributed by atoms with van der Waals surface area (Å²) >= 11 is -0.550. The molecule has 0 aromatic heterocycles. The largest absolute Gasteiger partial charge is 1.00 e. The molecule has 0 saturated heterocycles. The van der Waals surface area contributed by atoms with Gasteiger partial charge in [-0.2, -0.15) is 0 Å². The van der Waals surface area contributed by atoms with Gasteiger partial charge in [0.25, 0.3) is 0 Å². The summed E-state index contributed by atoms with van der Waals surface area (Å²) in [5.41, 5.74) is 5.24. The quantitative estimate of drug-likeness (QED) is 0.627. The summed E-state index contributed by atoms with van der Waals surface area (Å²) in [5.74, 6) is 0. The van der Waals surface area contributed by atoms with Crippen LogP contribution >= 0.6 is 0 Å². The monoisotopic (exact) mass is 356 g/mol. The first-order valence-corrected chi connectivity index (χ1v) is 9.49. The third-order valence-corrected chi connectivity index (χ3v) is 9.28. The number of halogens is 2. The van der Waals surface area contributed by atoms with Crippen molar-refractivity contribution >= 4 is 0 Å². The summed E-state index contributed by atoms with van der Waals surface area (Å²) in [6.45, 7) is 11.9. The second-order valence-electron chi connectivity index (χ2n) is 5.78. The van der Waals surface area contributed by atoms with E-state index >= 15 is 0 Å². The van der Waals surface area contributed by atoms with Crippen LogP contribution < -0.4 is 9.41 Å². The molecule has 0 spiro atoms. The third-order valence-electron chi connectivity index (χ3n) is 4.69. The van der Waals surface area contributed by atoms with E-state index in [0.29, 0.717) is 5.41 Å². The van der Waals surface area contributed by atoms with Crippen LogP contribution in [-0.4, -0.2) is 0 Å². The van der Waals surface area contributed by atoms with E-state index < -0.39 is 23.2 Å². The van der Waals surface area contributed by atoms with Gasteiger partial charge in [0.05, 0.1) is 0 Å². The first kappa shape index (κ1) is 19.7. The van der Waals surface area contributed by atoms with Gasteiger partial charge >= 0.3 is 124 Å². The summed E-state index contributed by atoms with van der Waals surface area (Å²) in [4.78, 5) is 0. The topological polar surface area (TPSA) is 0 Å². The van der Waals surface area contributed by atoms with Crippen molar-refractivity contribution in [1.29, 1.82) is 0 Å². The van der Waals surface area contributed by atoms with Gasteiger partial charge in [0, 0.05) is 0 Å². The summed E-state index contributed by atoms with van der Waals surface area (Å²) < 4.78 is 3.59. The van der Waals surface area contributed by atoms with Gasteiger partial charge in [-0.25, -0.2) is 0 Å². The maximum atomic E-state index is 2.49. The predicted octanol–water partition coefficient (Wildman–Crippen LogP) is -0.649. The van der Waals surface area contributed by atoms with Crippen LogP contribution in [0.15, 0.2) is 41.5 Å². The Bertz CT molecular complexity index is 483. The molecule has 2 aliphatic carbocycles. The molecule has 20 heavy (non-hydrogen) atoms. The van der Waals surface area contributed by atoms with E-state index in [9.17, 15) is 0 Å². The fourth-order valence-electron chi connectivity index (χ4n) is 3.23. The van der Waals surface area contributed by atoms with Gasteiger partial charge in [0.1, 0.15) is 0 Å². The average Bonchev–Trinajstić information content (AvgIpc) is 2.90. The molecular formula is C17H24F2Zr. The molecule has 0 bridgehead atoms. The van der Waals surface area contributed by atoms with Crippen molar-refractivity contribution in [1.82, 2.24) is 0 Å². The van der Waals surface area contributed by atoms with Crippen LogP contribution in [0.1, 0.15) is 53.9 Å². The molecule has 0 aromatic carbocycles. The molecule has 0 aromatic rings. The van der Waals surface area contributed by atoms with E-state index in [-0.39, 0.29) is 9.41 Å². The molecule has 1 unspecified atom stereocenters. The fraction of sp³-hybridized carbons (Fsp3) is 0.529. The second kappa shape index (κ2) is 7.64. The molecule has 0 nitrogen and oxygen atoms in total. The molecule has 0 saturated carbocycles. The van der Waals surface area contributed by atoms with Gasteiger partial charge in [0.2, 0.25) is 0 Å². The Morgan fingerprint density at radius 1 is 1.15 bits per heavy atom. The zero-order valence-corrected chi connectivity index (χ0v) is 15.6. The second-order valence-corrected chi connectivity index (χ2v) is 9.20. The van der Waals surface area contributed by atoms with Gasteiger partial charge in [-0.1, -0.05) is 0 Å². The minimum absolute atomic E-state index is 0. The van der Waals surface area contributed by atoms with Crippen LogP contribution in [0.4, 0.5) is 0 Å². The SMILES string of the molecule is CCCC1(C)C(C)=C(C)C(C)=[C]1[Zr+2][C]1=CC=CC1.[F-].[F-]. The zero-order valence-electron chi connectivity index (χ0n) is 13.1. The molecule has 3 heteroatoms. The summed E-state index contributed by atoms with van der Waals surface area (Å²) in [6.07, 6.45) is 10.8. The number of hydrogen-bond donors (Lipinski definition) is 0. The maximum absolute atomic E-state index is 2.49. The minimum atomic E-state index is -0.550. The van der Waals surface area contributed by atoms with Gasteiger partial charge in [-0.3, -0.25) is 0 Å². The molecular weight excluding hydrogens is 333 g/mol. The smallest absolute Gasteiger partial charge is 1.00 e. The molecule has 0 aliphatic heterocycles. The molecule has 2 rings (SSSR count). The Hall–Kier alpha value is -0.297. The fourth-order valence-corrected chi connectivity index (χ4v) is 7.37. The molecule has 0 fully saturated rings. The van der Waals surface area contributed by atoms with Crippen LogP contribution in [0.25, 0.3) is 0 Å². The van der Waals surface area contributed by atoms with E-state index in [4.69, 9.17) is 0 Å². The van der Waals surface area contributed by atoms with E-state index in [2.05, 4.69) is 52.8 Å². The van der Waals surface area contributed by atoms with Crippen LogP contribution in [0, 0.1) is 5.41 Å². The van der Waals surface area contributed by atoms with Crippen molar-refractivity contribution in [3.63, 3.8) is 0 Å². The molecule has 0 radical (unpaired) electrons. The minimum Gasteiger partial charge on any atom is -1.00 e. The van der Waals surface area contributed by atoms with Crippen LogP contribution in [0.5, 0.6) is 0 Å². The Balaban J connectivity index is 0.00000180. The van der Waals surface area contributed by atoms with Crippen LogP contribution in [-0.2, 0) is 23.2 Å². The Labute approximate surface area is 133 Å². The van der Waals surface area contributed by atoms with E-state index in [1.807, 2.05) is 3.28 Å². The summed E-state index contributed by atoms with van der Waals surface area (Å²) in [5, 5.41) is 0. The number of allylic oxidation sites excluding steroid dienone is 8. The van der Waals surface area contributed by atoms with Crippen molar-refractivity contribution < 1.29 is 32.6 Å². The zero-order chi connectivity index (χ0) is 13.3. The third kappa shape index (κ3) is 3.30. The number of rotatable bonds is 4. The molecule has 110 valence electrons. The summed E-state index contributed by atoms with van der Waals surface area (Å²) in [6, 6.07) is 0. The van der Waals surface area contributed by atoms with E-state index in [0.717, 1.165) is 0 Å². The van der Waals surface area contributed by atoms with Gasteiger partial charge in [-0.15, -0.1) is 0 Å². The van der Waals surface area contributed by atoms with Crippen LogP contribution in [0.2, 0.25) is 0 Å². The summed E-state index contributed by atoms with van der Waals surface area (Å²) in [7, 11) is 0. The van der Waals surface area contributed by atoms with Gasteiger partial charge in [0.15, 0.2) is 0 Å². The average molecular weight is 358 g/mol. The molecule has 0 N–H and O–H groups in total. The van der Waals surface area contributed by atoms with Crippen molar-refractivity contribution in [2.45, 2.75) is 53.9 Å².